The first kappa shape index (κ1) is 15.8. The summed E-state index contributed by atoms with van der Waals surface area (Å²) < 4.78 is 10.4. The van der Waals surface area contributed by atoms with Crippen LogP contribution in [0.15, 0.2) is 23.3 Å². The van der Waals surface area contributed by atoms with Gasteiger partial charge in [-0.15, -0.1) is 0 Å². The molecule has 0 heterocycles. The number of amides is 1. The molecule has 1 aromatic carbocycles. The highest BCUT2D eigenvalue weighted by molar-refractivity contribution is 5.98. The lowest BCUT2D eigenvalue weighted by molar-refractivity contribution is 0.0996. The normalized spacial score (nSPS) is 8.44. The number of carbonyl (C=O) groups is 1. The minimum absolute atomic E-state index is 0.194. The molecular weight excluding hydrogens is 234 g/mol. The second-order valence-corrected chi connectivity index (χ2v) is 2.76. The highest BCUT2D eigenvalue weighted by Crippen LogP contribution is 2.31. The van der Waals surface area contributed by atoms with Crippen LogP contribution in [0.4, 0.5) is 0 Å². The van der Waals surface area contributed by atoms with Gasteiger partial charge >= 0.3 is 0 Å². The molecule has 1 aromatic rings. The Morgan fingerprint density at radius 1 is 1.44 bits per heavy atom. The van der Waals surface area contributed by atoms with Crippen LogP contribution in [0.25, 0.3) is 10.4 Å². The van der Waals surface area contributed by atoms with Crippen molar-refractivity contribution in [1.29, 1.82) is 0 Å². The first-order valence-corrected chi connectivity index (χ1v) is 5.63. The van der Waals surface area contributed by atoms with Crippen LogP contribution in [0, 0.1) is 0 Å². The van der Waals surface area contributed by atoms with Crippen molar-refractivity contribution in [3.8, 4) is 11.5 Å². The topological polar surface area (TPSA) is 84.3 Å². The molecule has 18 heavy (non-hydrogen) atoms. The number of azide groups is 1. The van der Waals surface area contributed by atoms with Gasteiger partial charge in [0, 0.05) is 4.91 Å². The number of nitrogens with zero attached hydrogens (tertiary/aromatic N) is 3. The minimum Gasteiger partial charge on any atom is -0.493 e. The fourth-order valence-electron chi connectivity index (χ4n) is 1.23. The van der Waals surface area contributed by atoms with Crippen LogP contribution >= 0.6 is 0 Å². The Balaban J connectivity index is 0.00000137. The number of methoxy groups -OCH3 is 1. The van der Waals surface area contributed by atoms with Crippen molar-refractivity contribution in [2.45, 2.75) is 20.8 Å². The van der Waals surface area contributed by atoms with E-state index in [1.807, 2.05) is 13.8 Å². The minimum atomic E-state index is -0.690. The molecule has 0 aliphatic heterocycles. The Kier molecular flexibility index (Phi) is 7.81. The van der Waals surface area contributed by atoms with Crippen molar-refractivity contribution in [3.05, 3.63) is 34.2 Å². The van der Waals surface area contributed by atoms with Crippen LogP contribution < -0.4 is 9.47 Å². The van der Waals surface area contributed by atoms with Gasteiger partial charge in [0.15, 0.2) is 11.5 Å². The molecule has 0 atom stereocenters. The van der Waals surface area contributed by atoms with Crippen LogP contribution in [-0.4, -0.2) is 19.6 Å². The van der Waals surface area contributed by atoms with E-state index in [1.54, 1.807) is 19.1 Å². The molecule has 0 saturated heterocycles. The predicted molar refractivity (Wildman–Crippen MR) is 69.0 cm³/mol. The molecule has 0 saturated carbocycles. The molecule has 0 unspecified atom stereocenters. The molecule has 6 nitrogen and oxygen atoms in total. The summed E-state index contributed by atoms with van der Waals surface area (Å²) in [6.07, 6.45) is 0. The van der Waals surface area contributed by atoms with E-state index in [0.29, 0.717) is 18.1 Å². The van der Waals surface area contributed by atoms with Gasteiger partial charge < -0.3 is 9.47 Å². The third kappa shape index (κ3) is 3.99. The fraction of sp³-hybridized carbons (Fsp3) is 0.417. The average Bonchev–Trinajstić information content (AvgIpc) is 2.42. The standard InChI is InChI=1S/C10H11N3O3.C2H6/c1-3-16-9-7(10(14)12-13-11)5-4-6-8(9)15-2;1-2/h4-6H,3H2,1-2H3;1-2H3. The maximum absolute atomic E-state index is 11.5. The average molecular weight is 251 g/mol. The maximum Gasteiger partial charge on any atom is 0.253 e. The molecule has 0 aromatic heterocycles. The Morgan fingerprint density at radius 3 is 2.61 bits per heavy atom. The van der Waals surface area contributed by atoms with Gasteiger partial charge in [-0.2, -0.15) is 0 Å². The molecule has 6 heteroatoms. The number of carbonyl (C=O) groups excluding carboxylic acids is 1. The van der Waals surface area contributed by atoms with Crippen LogP contribution in [0.3, 0.4) is 0 Å². The highest BCUT2D eigenvalue weighted by Gasteiger charge is 2.15. The Hall–Kier alpha value is -2.20. The maximum atomic E-state index is 11.5. The number of hydrogen-bond donors (Lipinski definition) is 0. The summed E-state index contributed by atoms with van der Waals surface area (Å²) in [5.74, 6) is 0.0376. The van der Waals surface area contributed by atoms with Gasteiger partial charge in [-0.25, -0.2) is 0 Å². The summed E-state index contributed by atoms with van der Waals surface area (Å²) in [5, 5.41) is 3.02. The number of benzene rings is 1. The van der Waals surface area contributed by atoms with E-state index in [2.05, 4.69) is 10.0 Å². The number of para-hydroxylation sites is 1. The smallest absolute Gasteiger partial charge is 0.253 e. The molecule has 98 valence electrons. The van der Waals surface area contributed by atoms with E-state index >= 15 is 0 Å². The number of hydrogen-bond acceptors (Lipinski definition) is 3. The van der Waals surface area contributed by atoms with Gasteiger partial charge in [-0.05, 0) is 29.7 Å². The molecule has 0 aliphatic carbocycles. The second-order valence-electron chi connectivity index (χ2n) is 2.76. The van der Waals surface area contributed by atoms with Crippen molar-refractivity contribution < 1.29 is 14.3 Å². The molecule has 0 radical (unpaired) electrons. The van der Waals surface area contributed by atoms with Crippen LogP contribution in [-0.2, 0) is 0 Å². The molecule has 0 aliphatic rings. The number of rotatable bonds is 4. The van der Waals surface area contributed by atoms with Gasteiger partial charge in [-0.3, -0.25) is 4.79 Å². The van der Waals surface area contributed by atoms with Crippen molar-refractivity contribution in [2.24, 2.45) is 5.11 Å². The monoisotopic (exact) mass is 251 g/mol. The molecule has 0 bridgehead atoms. The SMILES string of the molecule is CC.CCOc1c(OC)cccc1C(=O)N=[N+]=[N-]. The van der Waals surface area contributed by atoms with Gasteiger partial charge in [0.2, 0.25) is 0 Å². The van der Waals surface area contributed by atoms with E-state index in [4.69, 9.17) is 15.0 Å². The van der Waals surface area contributed by atoms with Gasteiger partial charge in [0.05, 0.1) is 19.3 Å². The lowest BCUT2D eigenvalue weighted by atomic mass is 10.2. The van der Waals surface area contributed by atoms with Crippen molar-refractivity contribution >= 4 is 5.91 Å². The van der Waals surface area contributed by atoms with Crippen LogP contribution in [0.5, 0.6) is 11.5 Å². The zero-order valence-electron chi connectivity index (χ0n) is 11.0. The van der Waals surface area contributed by atoms with Gasteiger partial charge in [0.25, 0.3) is 5.91 Å². The van der Waals surface area contributed by atoms with Crippen molar-refractivity contribution in [1.82, 2.24) is 0 Å². The van der Waals surface area contributed by atoms with Gasteiger partial charge in [-0.1, -0.05) is 19.9 Å². The van der Waals surface area contributed by atoms with Crippen LogP contribution in [0.1, 0.15) is 31.1 Å². The summed E-state index contributed by atoms with van der Waals surface area (Å²) in [5.41, 5.74) is 8.40. The molecular formula is C12H17N3O3. The molecule has 0 N–H and O–H groups in total. The van der Waals surface area contributed by atoms with E-state index in [0.717, 1.165) is 0 Å². The first-order chi connectivity index (χ1) is 8.74. The largest absolute Gasteiger partial charge is 0.493 e. The Morgan fingerprint density at radius 2 is 2.11 bits per heavy atom. The molecule has 1 amide bonds. The third-order valence-corrected chi connectivity index (χ3v) is 1.85. The summed E-state index contributed by atoms with van der Waals surface area (Å²) in [6, 6.07) is 4.81. The van der Waals surface area contributed by atoms with E-state index in [9.17, 15) is 4.79 Å². The van der Waals surface area contributed by atoms with E-state index < -0.39 is 5.91 Å². The Bertz CT molecular complexity index is 440. The second kappa shape index (κ2) is 8.90. The lowest BCUT2D eigenvalue weighted by Gasteiger charge is -2.11. The molecule has 1 rings (SSSR count). The van der Waals surface area contributed by atoms with Crippen LogP contribution in [0.2, 0.25) is 0 Å². The van der Waals surface area contributed by atoms with E-state index in [1.165, 1.54) is 13.2 Å². The van der Waals surface area contributed by atoms with Gasteiger partial charge in [0.1, 0.15) is 0 Å². The quantitative estimate of drug-likeness (QED) is 0.465. The fourth-order valence-corrected chi connectivity index (χ4v) is 1.23. The number of ether oxygens (including phenoxy) is 2. The summed E-state index contributed by atoms with van der Waals surface area (Å²) in [6.45, 7) is 6.17. The summed E-state index contributed by atoms with van der Waals surface area (Å²) >= 11 is 0. The van der Waals surface area contributed by atoms with Crippen molar-refractivity contribution in [3.63, 3.8) is 0 Å². The summed E-state index contributed by atoms with van der Waals surface area (Å²) in [4.78, 5) is 13.9. The first-order valence-electron chi connectivity index (χ1n) is 5.63. The predicted octanol–water partition coefficient (Wildman–Crippen LogP) is 3.57. The highest BCUT2D eigenvalue weighted by atomic mass is 16.5. The third-order valence-electron chi connectivity index (χ3n) is 1.85. The molecule has 0 fully saturated rings. The van der Waals surface area contributed by atoms with Crippen molar-refractivity contribution in [2.75, 3.05) is 13.7 Å². The lowest BCUT2D eigenvalue weighted by Crippen LogP contribution is -2.03. The summed E-state index contributed by atoms with van der Waals surface area (Å²) in [7, 11) is 1.47. The Labute approximate surface area is 106 Å². The zero-order valence-corrected chi connectivity index (χ0v) is 11.0. The zero-order chi connectivity index (χ0) is 14.0. The molecule has 0 spiro atoms. The van der Waals surface area contributed by atoms with E-state index in [-0.39, 0.29) is 5.56 Å².